The van der Waals surface area contributed by atoms with Crippen LogP contribution in [0.4, 0.5) is 11.4 Å². The van der Waals surface area contributed by atoms with Crippen LogP contribution in [-0.2, 0) is 23.9 Å². The Balaban J connectivity index is 2.02. The Hall–Kier alpha value is -3.68. The molecule has 0 aliphatic rings. The van der Waals surface area contributed by atoms with Gasteiger partial charge >= 0.3 is 11.9 Å². The highest BCUT2D eigenvalue weighted by molar-refractivity contribution is 6.00. The van der Waals surface area contributed by atoms with E-state index in [1.165, 1.54) is 24.0 Å². The maximum Gasteiger partial charge on any atom is 0.338 e. The highest BCUT2D eigenvalue weighted by Gasteiger charge is 2.21. The van der Waals surface area contributed by atoms with Crippen LogP contribution in [-0.4, -0.2) is 43.5 Å². The van der Waals surface area contributed by atoms with Crippen LogP contribution in [0.5, 0.6) is 0 Å². The summed E-state index contributed by atoms with van der Waals surface area (Å²) in [5.41, 5.74) is 1.25. The number of para-hydroxylation sites is 1. The zero-order valence-electron chi connectivity index (χ0n) is 16.2. The summed E-state index contributed by atoms with van der Waals surface area (Å²) in [5.74, 6) is -2.05. The molecule has 0 saturated carbocycles. The molecule has 0 atom stereocenters. The van der Waals surface area contributed by atoms with Crippen LogP contribution in [0.2, 0.25) is 0 Å². The van der Waals surface area contributed by atoms with E-state index >= 15 is 0 Å². The molecule has 0 aliphatic carbocycles. The molecule has 0 spiro atoms. The Morgan fingerprint density at radius 2 is 1.59 bits per heavy atom. The average molecular weight is 398 g/mol. The predicted octanol–water partition coefficient (Wildman–Crippen LogP) is 2.40. The average Bonchev–Trinajstić information content (AvgIpc) is 2.71. The van der Waals surface area contributed by atoms with Crippen LogP contribution in [0.25, 0.3) is 0 Å². The normalized spacial score (nSPS) is 10.0. The maximum atomic E-state index is 12.6. The number of anilines is 2. The fraction of sp³-hybridized carbons (Fsp3) is 0.238. The van der Waals surface area contributed by atoms with Crippen LogP contribution in [0, 0.1) is 0 Å². The van der Waals surface area contributed by atoms with Crippen LogP contribution >= 0.6 is 0 Å². The fourth-order valence-electron chi connectivity index (χ4n) is 2.45. The molecule has 1 N–H and O–H groups in total. The molecule has 29 heavy (non-hydrogen) atoms. The third-order valence-electron chi connectivity index (χ3n) is 3.73. The van der Waals surface area contributed by atoms with E-state index in [1.807, 2.05) is 0 Å². The number of carbonyl (C=O) groups is 4. The van der Waals surface area contributed by atoms with Gasteiger partial charge in [-0.3, -0.25) is 19.3 Å². The molecule has 0 radical (unpaired) electrons. The molecular weight excluding hydrogens is 376 g/mol. The summed E-state index contributed by atoms with van der Waals surface area (Å²) in [4.78, 5) is 48.9. The summed E-state index contributed by atoms with van der Waals surface area (Å²) >= 11 is 0. The van der Waals surface area contributed by atoms with Crippen molar-refractivity contribution in [1.82, 2.24) is 0 Å². The zero-order valence-corrected chi connectivity index (χ0v) is 16.2. The van der Waals surface area contributed by atoms with Gasteiger partial charge in [0.1, 0.15) is 6.54 Å². The number of hydrogen-bond acceptors (Lipinski definition) is 6. The highest BCUT2D eigenvalue weighted by Crippen LogP contribution is 2.15. The Kier molecular flexibility index (Phi) is 7.90. The second kappa shape index (κ2) is 10.6. The summed E-state index contributed by atoms with van der Waals surface area (Å²) in [6.07, 6.45) is 0. The molecule has 0 saturated heterocycles. The number of rotatable bonds is 8. The molecule has 8 heteroatoms. The van der Waals surface area contributed by atoms with Gasteiger partial charge in [0.2, 0.25) is 5.91 Å². The lowest BCUT2D eigenvalue weighted by molar-refractivity contribution is -0.142. The summed E-state index contributed by atoms with van der Waals surface area (Å²) in [7, 11) is 0. The van der Waals surface area contributed by atoms with Gasteiger partial charge in [0.25, 0.3) is 5.91 Å². The Labute approximate surface area is 168 Å². The monoisotopic (exact) mass is 398 g/mol. The van der Waals surface area contributed by atoms with Gasteiger partial charge in [0, 0.05) is 18.3 Å². The van der Waals surface area contributed by atoms with Gasteiger partial charge < -0.3 is 14.8 Å². The van der Waals surface area contributed by atoms with Crippen molar-refractivity contribution < 1.29 is 28.7 Å². The van der Waals surface area contributed by atoms with Gasteiger partial charge in [-0.15, -0.1) is 0 Å². The number of nitrogens with one attached hydrogen (secondary N) is 1. The first-order valence-corrected chi connectivity index (χ1v) is 8.96. The molecule has 0 aromatic heterocycles. The van der Waals surface area contributed by atoms with Crippen molar-refractivity contribution in [3.05, 3.63) is 60.2 Å². The highest BCUT2D eigenvalue weighted by atomic mass is 16.5. The summed E-state index contributed by atoms with van der Waals surface area (Å²) in [6.45, 7) is 2.41. The van der Waals surface area contributed by atoms with Crippen LogP contribution < -0.4 is 10.2 Å². The Morgan fingerprint density at radius 3 is 2.17 bits per heavy atom. The van der Waals surface area contributed by atoms with E-state index < -0.39 is 24.5 Å². The van der Waals surface area contributed by atoms with Crippen molar-refractivity contribution in [3.8, 4) is 0 Å². The first-order valence-electron chi connectivity index (χ1n) is 8.96. The summed E-state index contributed by atoms with van der Waals surface area (Å²) < 4.78 is 9.99. The molecule has 152 valence electrons. The molecule has 0 heterocycles. The molecule has 0 fully saturated rings. The van der Waals surface area contributed by atoms with E-state index in [2.05, 4.69) is 5.32 Å². The minimum Gasteiger partial charge on any atom is -0.465 e. The van der Waals surface area contributed by atoms with Crippen molar-refractivity contribution in [2.24, 2.45) is 0 Å². The van der Waals surface area contributed by atoms with Crippen LogP contribution in [0.3, 0.4) is 0 Å². The van der Waals surface area contributed by atoms with Crippen molar-refractivity contribution in [1.29, 1.82) is 0 Å². The third-order valence-corrected chi connectivity index (χ3v) is 3.73. The van der Waals surface area contributed by atoms with E-state index in [9.17, 15) is 19.2 Å². The number of nitrogens with zero attached hydrogens (tertiary/aromatic N) is 1. The van der Waals surface area contributed by atoms with Crippen molar-refractivity contribution >= 4 is 35.1 Å². The summed E-state index contributed by atoms with van der Waals surface area (Å²) in [6, 6.07) is 14.6. The number of carbonyl (C=O) groups excluding carboxylic acids is 4. The SMILES string of the molecule is CCOC(=O)CN(C(=O)COC(=O)c1ccc(NC(C)=O)cc1)c1ccccc1. The first kappa shape index (κ1) is 21.6. The van der Waals surface area contributed by atoms with Crippen molar-refractivity contribution in [3.63, 3.8) is 0 Å². The molecule has 0 aliphatic heterocycles. The topological polar surface area (TPSA) is 102 Å². The van der Waals surface area contributed by atoms with E-state index in [4.69, 9.17) is 9.47 Å². The van der Waals surface area contributed by atoms with E-state index in [-0.39, 0.29) is 24.6 Å². The lowest BCUT2D eigenvalue weighted by Gasteiger charge is -2.21. The Bertz CT molecular complexity index is 864. The lowest BCUT2D eigenvalue weighted by Crippen LogP contribution is -2.39. The second-order valence-corrected chi connectivity index (χ2v) is 5.96. The minimum atomic E-state index is -0.697. The van der Waals surface area contributed by atoms with Gasteiger partial charge in [-0.25, -0.2) is 4.79 Å². The number of amides is 2. The number of ether oxygens (including phenoxy) is 2. The van der Waals surface area contributed by atoms with Crippen molar-refractivity contribution in [2.75, 3.05) is 30.0 Å². The minimum absolute atomic E-state index is 0.194. The largest absolute Gasteiger partial charge is 0.465 e. The second-order valence-electron chi connectivity index (χ2n) is 5.96. The third kappa shape index (κ3) is 6.76. The number of esters is 2. The number of benzene rings is 2. The van der Waals surface area contributed by atoms with E-state index in [1.54, 1.807) is 49.4 Å². The van der Waals surface area contributed by atoms with Crippen LogP contribution in [0.15, 0.2) is 54.6 Å². The van der Waals surface area contributed by atoms with Crippen LogP contribution in [0.1, 0.15) is 24.2 Å². The van der Waals surface area contributed by atoms with E-state index in [0.717, 1.165) is 0 Å². The smallest absolute Gasteiger partial charge is 0.338 e. The van der Waals surface area contributed by atoms with Gasteiger partial charge in [0.05, 0.1) is 12.2 Å². The zero-order chi connectivity index (χ0) is 21.2. The van der Waals surface area contributed by atoms with Gasteiger partial charge in [-0.2, -0.15) is 0 Å². The fourth-order valence-corrected chi connectivity index (χ4v) is 2.45. The molecule has 0 bridgehead atoms. The Morgan fingerprint density at radius 1 is 0.931 bits per heavy atom. The van der Waals surface area contributed by atoms with Crippen molar-refractivity contribution in [2.45, 2.75) is 13.8 Å². The molecule has 8 nitrogen and oxygen atoms in total. The van der Waals surface area contributed by atoms with Gasteiger partial charge in [0.15, 0.2) is 6.61 Å². The van der Waals surface area contributed by atoms with Gasteiger partial charge in [-0.05, 0) is 43.3 Å². The molecule has 2 aromatic carbocycles. The summed E-state index contributed by atoms with van der Waals surface area (Å²) in [5, 5.41) is 2.59. The molecule has 2 amide bonds. The quantitative estimate of drug-likeness (QED) is 0.685. The molecule has 0 unspecified atom stereocenters. The lowest BCUT2D eigenvalue weighted by atomic mass is 10.2. The molecular formula is C21H22N2O6. The standard InChI is InChI=1S/C21H22N2O6/c1-3-28-20(26)13-23(18-7-5-4-6-8-18)19(25)14-29-21(27)16-9-11-17(12-10-16)22-15(2)24/h4-12H,3,13-14H2,1-2H3,(H,22,24). The first-order chi connectivity index (χ1) is 13.9. The molecule has 2 aromatic rings. The van der Waals surface area contributed by atoms with Gasteiger partial charge in [-0.1, -0.05) is 18.2 Å². The van der Waals surface area contributed by atoms with E-state index in [0.29, 0.717) is 11.4 Å². The number of hydrogen-bond donors (Lipinski definition) is 1. The molecule has 2 rings (SSSR count). The predicted molar refractivity (Wildman–Crippen MR) is 106 cm³/mol. The maximum absolute atomic E-state index is 12.6.